The van der Waals surface area contributed by atoms with E-state index in [-0.39, 0.29) is 17.3 Å². The molecule has 9 nitrogen and oxygen atoms in total. The van der Waals surface area contributed by atoms with E-state index in [1.54, 1.807) is 19.1 Å². The van der Waals surface area contributed by atoms with Gasteiger partial charge in [0.25, 0.3) is 5.91 Å². The number of aromatic nitrogens is 4. The first-order valence-electron chi connectivity index (χ1n) is 11.1. The first-order valence-corrected chi connectivity index (χ1v) is 11.8. The summed E-state index contributed by atoms with van der Waals surface area (Å²) < 4.78 is 62.2. The van der Waals surface area contributed by atoms with Crippen molar-refractivity contribution in [3.8, 4) is 5.88 Å². The number of hydrogen-bond donors (Lipinski definition) is 2. The van der Waals surface area contributed by atoms with E-state index < -0.39 is 30.1 Å². The molecule has 1 aliphatic rings. The summed E-state index contributed by atoms with van der Waals surface area (Å²) in [7, 11) is 0. The molecule has 2 N–H and O–H groups in total. The SMILES string of the molecule is CCCN1CC(F)C(Oc2ccc(NC(=O)c3c(C)nsc3Nc3cnc(C(F)(F)F)cn3)cn2)C1. The second-order valence-corrected chi connectivity index (χ2v) is 8.93. The van der Waals surface area contributed by atoms with Crippen molar-refractivity contribution in [3.63, 3.8) is 0 Å². The summed E-state index contributed by atoms with van der Waals surface area (Å²) in [5, 5.41) is 5.77. The third-order valence-corrected chi connectivity index (χ3v) is 6.21. The number of pyridine rings is 1. The smallest absolute Gasteiger partial charge is 0.434 e. The predicted molar refractivity (Wildman–Crippen MR) is 125 cm³/mol. The Morgan fingerprint density at radius 1 is 1.19 bits per heavy atom. The molecule has 14 heteroatoms. The lowest BCUT2D eigenvalue weighted by atomic mass is 10.2. The fourth-order valence-corrected chi connectivity index (χ4v) is 4.47. The lowest BCUT2D eigenvalue weighted by Gasteiger charge is -2.15. The molecule has 1 saturated heterocycles. The fourth-order valence-electron chi connectivity index (χ4n) is 3.67. The zero-order valence-corrected chi connectivity index (χ0v) is 20.2. The highest BCUT2D eigenvalue weighted by molar-refractivity contribution is 7.10. The summed E-state index contributed by atoms with van der Waals surface area (Å²) in [6.07, 6.45) is -2.47. The summed E-state index contributed by atoms with van der Waals surface area (Å²) in [5.74, 6) is -0.232. The number of anilines is 3. The van der Waals surface area contributed by atoms with Gasteiger partial charge in [0.15, 0.2) is 11.9 Å². The average molecular weight is 526 g/mol. The number of halogens is 4. The molecule has 0 radical (unpaired) electrons. The van der Waals surface area contributed by atoms with Crippen molar-refractivity contribution in [2.45, 2.75) is 38.7 Å². The molecule has 3 aromatic rings. The van der Waals surface area contributed by atoms with Gasteiger partial charge in [-0.05, 0) is 37.5 Å². The van der Waals surface area contributed by atoms with Crippen LogP contribution in [0.5, 0.6) is 5.88 Å². The summed E-state index contributed by atoms with van der Waals surface area (Å²) in [4.78, 5) is 26.1. The first-order chi connectivity index (χ1) is 17.1. The maximum atomic E-state index is 14.2. The molecule has 0 bridgehead atoms. The Hall–Kier alpha value is -3.39. The molecule has 36 heavy (non-hydrogen) atoms. The summed E-state index contributed by atoms with van der Waals surface area (Å²) in [6, 6.07) is 3.12. The van der Waals surface area contributed by atoms with Crippen LogP contribution in [0.1, 0.15) is 35.1 Å². The molecule has 2 atom stereocenters. The minimum Gasteiger partial charge on any atom is -0.470 e. The summed E-state index contributed by atoms with van der Waals surface area (Å²) in [5.41, 5.74) is -0.141. The van der Waals surface area contributed by atoms with Gasteiger partial charge in [0.2, 0.25) is 5.88 Å². The van der Waals surface area contributed by atoms with E-state index in [1.807, 2.05) is 11.8 Å². The Morgan fingerprint density at radius 3 is 2.64 bits per heavy atom. The van der Waals surface area contributed by atoms with Crippen molar-refractivity contribution >= 4 is 33.9 Å². The van der Waals surface area contributed by atoms with Crippen molar-refractivity contribution in [3.05, 3.63) is 47.7 Å². The predicted octanol–water partition coefficient (Wildman–Crippen LogP) is 4.46. The van der Waals surface area contributed by atoms with E-state index >= 15 is 0 Å². The van der Waals surface area contributed by atoms with Crippen LogP contribution < -0.4 is 15.4 Å². The molecule has 0 aliphatic carbocycles. The van der Waals surface area contributed by atoms with Crippen molar-refractivity contribution in [1.82, 2.24) is 24.2 Å². The molecule has 1 aliphatic heterocycles. The van der Waals surface area contributed by atoms with Gasteiger partial charge in [-0.2, -0.15) is 17.5 Å². The van der Waals surface area contributed by atoms with Crippen LogP contribution in [-0.4, -0.2) is 62.0 Å². The zero-order valence-electron chi connectivity index (χ0n) is 19.3. The van der Waals surface area contributed by atoms with Crippen LogP contribution in [0.15, 0.2) is 30.7 Å². The van der Waals surface area contributed by atoms with E-state index in [0.29, 0.717) is 35.7 Å². The van der Waals surface area contributed by atoms with Gasteiger partial charge >= 0.3 is 6.18 Å². The lowest BCUT2D eigenvalue weighted by Crippen LogP contribution is -2.28. The third-order valence-electron chi connectivity index (χ3n) is 5.35. The number of rotatable bonds is 8. The van der Waals surface area contributed by atoms with E-state index in [4.69, 9.17) is 4.74 Å². The number of hydrogen-bond acceptors (Lipinski definition) is 9. The van der Waals surface area contributed by atoms with Crippen molar-refractivity contribution < 1.29 is 27.1 Å². The van der Waals surface area contributed by atoms with Crippen LogP contribution in [0.3, 0.4) is 0 Å². The van der Waals surface area contributed by atoms with E-state index in [9.17, 15) is 22.4 Å². The monoisotopic (exact) mass is 525 g/mol. The Balaban J connectivity index is 1.39. The molecule has 4 rings (SSSR count). The molecule has 4 heterocycles. The van der Waals surface area contributed by atoms with Crippen LogP contribution in [0, 0.1) is 6.92 Å². The standard InChI is InChI=1S/C22H23F4N7O2S/c1-3-6-33-10-14(23)15(11-33)35-18-5-4-13(7-29-18)30-20(34)19-12(2)32-36-21(19)31-17-9-27-16(8-28-17)22(24,25)26/h4-5,7-9,14-15H,3,6,10-11H2,1-2H3,(H,28,31)(H,30,34). The van der Waals surface area contributed by atoms with Crippen LogP contribution in [-0.2, 0) is 6.18 Å². The number of carbonyl (C=O) groups is 1. The second-order valence-electron chi connectivity index (χ2n) is 8.15. The Bertz CT molecular complexity index is 1190. The quantitative estimate of drug-likeness (QED) is 0.416. The van der Waals surface area contributed by atoms with E-state index in [0.717, 1.165) is 30.7 Å². The summed E-state index contributed by atoms with van der Waals surface area (Å²) in [6.45, 7) is 5.28. The Kier molecular flexibility index (Phi) is 7.64. The minimum atomic E-state index is -4.60. The fraction of sp³-hybridized carbons (Fsp3) is 0.409. The molecule has 1 amide bonds. The van der Waals surface area contributed by atoms with E-state index in [2.05, 4.69) is 30.0 Å². The maximum absolute atomic E-state index is 14.2. The number of alkyl halides is 4. The minimum absolute atomic E-state index is 0.0273. The van der Waals surface area contributed by atoms with Gasteiger partial charge in [-0.1, -0.05) is 6.92 Å². The van der Waals surface area contributed by atoms with Crippen molar-refractivity contribution in [1.29, 1.82) is 0 Å². The largest absolute Gasteiger partial charge is 0.470 e. The number of nitrogens with one attached hydrogen (secondary N) is 2. The highest BCUT2D eigenvalue weighted by Gasteiger charge is 2.34. The van der Waals surface area contributed by atoms with Gasteiger partial charge in [0.05, 0.1) is 35.5 Å². The number of ether oxygens (including phenoxy) is 1. The van der Waals surface area contributed by atoms with Crippen molar-refractivity contribution in [2.24, 2.45) is 0 Å². The van der Waals surface area contributed by atoms with Gasteiger partial charge in [-0.3, -0.25) is 9.69 Å². The second kappa shape index (κ2) is 10.7. The van der Waals surface area contributed by atoms with Gasteiger partial charge in [0, 0.05) is 19.2 Å². The third kappa shape index (κ3) is 6.05. The molecule has 2 unspecified atom stereocenters. The van der Waals surface area contributed by atoms with E-state index in [1.165, 1.54) is 6.20 Å². The Morgan fingerprint density at radius 2 is 2.00 bits per heavy atom. The molecule has 0 saturated carbocycles. The van der Waals surface area contributed by atoms with Crippen LogP contribution in [0.4, 0.5) is 34.1 Å². The van der Waals surface area contributed by atoms with Crippen LogP contribution in [0.2, 0.25) is 0 Å². The summed E-state index contributed by atoms with van der Waals surface area (Å²) >= 11 is 0.956. The number of carbonyl (C=O) groups excluding carboxylic acids is 1. The van der Waals surface area contributed by atoms with Gasteiger partial charge in [-0.25, -0.2) is 19.3 Å². The van der Waals surface area contributed by atoms with Crippen molar-refractivity contribution in [2.75, 3.05) is 30.3 Å². The lowest BCUT2D eigenvalue weighted by molar-refractivity contribution is -0.141. The van der Waals surface area contributed by atoms with Crippen LogP contribution >= 0.6 is 11.5 Å². The number of aryl methyl sites for hydroxylation is 1. The molecule has 0 spiro atoms. The maximum Gasteiger partial charge on any atom is 0.434 e. The first kappa shape index (κ1) is 25.7. The Labute approximate surface area is 208 Å². The molecular formula is C22H23F4N7O2S. The molecule has 0 aromatic carbocycles. The number of likely N-dealkylation sites (tertiary alicyclic amines) is 1. The normalized spacial score (nSPS) is 18.3. The van der Waals surface area contributed by atoms with Gasteiger partial charge in [0.1, 0.15) is 16.9 Å². The highest BCUT2D eigenvalue weighted by atomic mass is 32.1. The molecular weight excluding hydrogens is 502 g/mol. The number of amides is 1. The molecule has 192 valence electrons. The average Bonchev–Trinajstić information content (AvgIpc) is 3.36. The zero-order chi connectivity index (χ0) is 25.9. The van der Waals surface area contributed by atoms with Gasteiger partial charge in [-0.15, -0.1) is 0 Å². The topological polar surface area (TPSA) is 105 Å². The molecule has 1 fully saturated rings. The molecule has 3 aromatic heterocycles. The van der Waals surface area contributed by atoms with Gasteiger partial charge < -0.3 is 15.4 Å². The number of nitrogens with zero attached hydrogens (tertiary/aromatic N) is 5. The van der Waals surface area contributed by atoms with Crippen LogP contribution in [0.25, 0.3) is 0 Å². The highest BCUT2D eigenvalue weighted by Crippen LogP contribution is 2.30.